The predicted molar refractivity (Wildman–Crippen MR) is 83.1 cm³/mol. The van der Waals surface area contributed by atoms with Gasteiger partial charge in [0, 0.05) is 13.1 Å². The zero-order valence-electron chi connectivity index (χ0n) is 13.0. The first-order chi connectivity index (χ1) is 10.8. The van der Waals surface area contributed by atoms with Gasteiger partial charge in [-0.15, -0.1) is 0 Å². The molecule has 0 aliphatic carbocycles. The van der Waals surface area contributed by atoms with Crippen molar-refractivity contribution in [3.8, 4) is 5.75 Å². The minimum Gasteiger partial charge on any atom is -0.497 e. The molecule has 0 radical (unpaired) electrons. The molecule has 0 unspecified atom stereocenters. The van der Waals surface area contributed by atoms with Gasteiger partial charge in [0.05, 0.1) is 24.2 Å². The van der Waals surface area contributed by atoms with Gasteiger partial charge in [-0.3, -0.25) is 4.79 Å². The van der Waals surface area contributed by atoms with Crippen molar-refractivity contribution in [2.45, 2.75) is 12.5 Å². The molecule has 126 valence electrons. The first kappa shape index (κ1) is 17.3. The van der Waals surface area contributed by atoms with Gasteiger partial charge < -0.3 is 14.4 Å². The third-order valence-corrected chi connectivity index (χ3v) is 5.55. The average Bonchev–Trinajstić information content (AvgIpc) is 2.91. The van der Waals surface area contributed by atoms with Crippen molar-refractivity contribution < 1.29 is 27.5 Å². The van der Waals surface area contributed by atoms with Crippen molar-refractivity contribution in [3.63, 3.8) is 0 Å². The number of sulfone groups is 1. The molecule has 1 aliphatic heterocycles. The molecule has 1 saturated heterocycles. The Morgan fingerprint density at radius 1 is 1.26 bits per heavy atom. The highest BCUT2D eigenvalue weighted by atomic mass is 32.2. The molecule has 2 rings (SSSR count). The van der Waals surface area contributed by atoms with Crippen LogP contribution in [-0.4, -0.2) is 63.5 Å². The SMILES string of the molecule is COc1ccc(C(=O)OCC(=O)N(C)[C@@H]2CCS(=O)(=O)C2)cc1. The fourth-order valence-electron chi connectivity index (χ4n) is 2.32. The lowest BCUT2D eigenvalue weighted by Gasteiger charge is -2.23. The summed E-state index contributed by atoms with van der Waals surface area (Å²) >= 11 is 0. The van der Waals surface area contributed by atoms with E-state index in [4.69, 9.17) is 9.47 Å². The molecule has 1 aliphatic rings. The summed E-state index contributed by atoms with van der Waals surface area (Å²) in [6, 6.07) is 5.96. The molecule has 7 nitrogen and oxygen atoms in total. The van der Waals surface area contributed by atoms with Crippen LogP contribution < -0.4 is 4.74 Å². The number of amides is 1. The number of benzene rings is 1. The van der Waals surface area contributed by atoms with Crippen LogP contribution in [0.3, 0.4) is 0 Å². The Kier molecular flexibility index (Phi) is 5.25. The van der Waals surface area contributed by atoms with E-state index in [2.05, 4.69) is 0 Å². The van der Waals surface area contributed by atoms with Crippen molar-refractivity contribution in [1.82, 2.24) is 4.90 Å². The van der Waals surface area contributed by atoms with E-state index in [0.717, 1.165) is 0 Å². The molecule has 0 spiro atoms. The monoisotopic (exact) mass is 341 g/mol. The summed E-state index contributed by atoms with van der Waals surface area (Å²) in [4.78, 5) is 25.2. The molecule has 1 aromatic carbocycles. The second kappa shape index (κ2) is 6.99. The van der Waals surface area contributed by atoms with Crippen LogP contribution >= 0.6 is 0 Å². The number of likely N-dealkylation sites (N-methyl/N-ethyl adjacent to an activating group) is 1. The minimum atomic E-state index is -3.07. The zero-order chi connectivity index (χ0) is 17.0. The van der Waals surface area contributed by atoms with Crippen molar-refractivity contribution in [3.05, 3.63) is 29.8 Å². The van der Waals surface area contributed by atoms with E-state index in [1.165, 1.54) is 19.1 Å². The highest BCUT2D eigenvalue weighted by molar-refractivity contribution is 7.91. The smallest absolute Gasteiger partial charge is 0.338 e. The zero-order valence-corrected chi connectivity index (χ0v) is 13.8. The third-order valence-electron chi connectivity index (χ3n) is 3.80. The van der Waals surface area contributed by atoms with Crippen LogP contribution in [0.15, 0.2) is 24.3 Å². The Morgan fingerprint density at radius 2 is 1.91 bits per heavy atom. The van der Waals surface area contributed by atoms with Crippen molar-refractivity contribution in [2.24, 2.45) is 0 Å². The lowest BCUT2D eigenvalue weighted by molar-refractivity contribution is -0.134. The van der Waals surface area contributed by atoms with Gasteiger partial charge in [0.15, 0.2) is 16.4 Å². The van der Waals surface area contributed by atoms with Gasteiger partial charge in [0.1, 0.15) is 5.75 Å². The lowest BCUT2D eigenvalue weighted by atomic mass is 10.2. The maximum absolute atomic E-state index is 12.0. The van der Waals surface area contributed by atoms with Gasteiger partial charge >= 0.3 is 5.97 Å². The Morgan fingerprint density at radius 3 is 2.43 bits per heavy atom. The standard InChI is InChI=1S/C15H19NO6S/c1-16(12-7-8-23(19,20)10-12)14(17)9-22-15(18)11-3-5-13(21-2)6-4-11/h3-6,12H,7-10H2,1-2H3/t12-/m1/s1. The Labute approximate surface area is 135 Å². The van der Waals surface area contributed by atoms with Crippen LogP contribution in [0.5, 0.6) is 5.75 Å². The molecule has 1 fully saturated rings. The maximum atomic E-state index is 12.0. The number of carbonyl (C=O) groups is 2. The van der Waals surface area contributed by atoms with Gasteiger partial charge in [-0.2, -0.15) is 0 Å². The molecule has 1 aromatic rings. The summed E-state index contributed by atoms with van der Waals surface area (Å²) in [5.74, 6) is -0.384. The first-order valence-electron chi connectivity index (χ1n) is 7.09. The predicted octanol–water partition coefficient (Wildman–Crippen LogP) is 0.497. The number of ether oxygens (including phenoxy) is 2. The number of methoxy groups -OCH3 is 1. The van der Waals surface area contributed by atoms with Gasteiger partial charge in [0.25, 0.3) is 5.91 Å². The Bertz CT molecular complexity index is 682. The van der Waals surface area contributed by atoms with Gasteiger partial charge in [-0.1, -0.05) is 0 Å². The number of hydrogen-bond acceptors (Lipinski definition) is 6. The Hall–Kier alpha value is -2.09. The van der Waals surface area contributed by atoms with Crippen LogP contribution in [-0.2, 0) is 19.4 Å². The van der Waals surface area contributed by atoms with E-state index in [0.29, 0.717) is 17.7 Å². The van der Waals surface area contributed by atoms with Crippen molar-refractivity contribution >= 4 is 21.7 Å². The number of rotatable bonds is 5. The quantitative estimate of drug-likeness (QED) is 0.725. The molecule has 0 bridgehead atoms. The molecule has 0 N–H and O–H groups in total. The maximum Gasteiger partial charge on any atom is 0.338 e. The second-order valence-electron chi connectivity index (χ2n) is 5.37. The van der Waals surface area contributed by atoms with Crippen molar-refractivity contribution in [2.75, 3.05) is 32.3 Å². The molecule has 8 heteroatoms. The summed E-state index contributed by atoms with van der Waals surface area (Å²) in [5.41, 5.74) is 0.310. The first-order valence-corrected chi connectivity index (χ1v) is 8.92. The summed E-state index contributed by atoms with van der Waals surface area (Å²) in [7, 11) is -0.0266. The van der Waals surface area contributed by atoms with Crippen molar-refractivity contribution in [1.29, 1.82) is 0 Å². The van der Waals surface area contributed by atoms with E-state index >= 15 is 0 Å². The largest absolute Gasteiger partial charge is 0.497 e. The van der Waals surface area contributed by atoms with E-state index in [-0.39, 0.29) is 17.5 Å². The summed E-state index contributed by atoms with van der Waals surface area (Å²) in [5, 5.41) is 0. The highest BCUT2D eigenvalue weighted by Crippen LogP contribution is 2.17. The fourth-order valence-corrected chi connectivity index (χ4v) is 4.10. The molecule has 1 amide bonds. The van der Waals surface area contributed by atoms with Crippen LogP contribution in [0, 0.1) is 0 Å². The van der Waals surface area contributed by atoms with Gasteiger partial charge in [0.2, 0.25) is 0 Å². The topological polar surface area (TPSA) is 90.0 Å². The number of nitrogens with zero attached hydrogens (tertiary/aromatic N) is 1. The van der Waals surface area contributed by atoms with E-state index in [1.807, 2.05) is 0 Å². The lowest BCUT2D eigenvalue weighted by Crippen LogP contribution is -2.40. The molecule has 1 heterocycles. The Balaban J connectivity index is 1.86. The average molecular weight is 341 g/mol. The van der Waals surface area contributed by atoms with Crippen LogP contribution in [0.2, 0.25) is 0 Å². The van der Waals surface area contributed by atoms with Crippen LogP contribution in [0.25, 0.3) is 0 Å². The van der Waals surface area contributed by atoms with Gasteiger partial charge in [-0.25, -0.2) is 13.2 Å². The van der Waals surface area contributed by atoms with Crippen LogP contribution in [0.4, 0.5) is 0 Å². The van der Waals surface area contributed by atoms with E-state index in [9.17, 15) is 18.0 Å². The van der Waals surface area contributed by atoms with Gasteiger partial charge in [-0.05, 0) is 30.7 Å². The molecule has 23 heavy (non-hydrogen) atoms. The molecular formula is C15H19NO6S. The fraction of sp³-hybridized carbons (Fsp3) is 0.467. The minimum absolute atomic E-state index is 0.0400. The molecule has 0 saturated carbocycles. The van der Waals surface area contributed by atoms with E-state index < -0.39 is 28.3 Å². The normalized spacial score (nSPS) is 19.1. The van der Waals surface area contributed by atoms with E-state index in [1.54, 1.807) is 24.3 Å². The number of hydrogen-bond donors (Lipinski definition) is 0. The number of carbonyl (C=O) groups excluding carboxylic acids is 2. The molecular weight excluding hydrogens is 322 g/mol. The molecule has 0 aromatic heterocycles. The number of esters is 1. The highest BCUT2D eigenvalue weighted by Gasteiger charge is 2.32. The second-order valence-corrected chi connectivity index (χ2v) is 7.59. The third kappa shape index (κ3) is 4.44. The summed E-state index contributed by atoms with van der Waals surface area (Å²) in [6.45, 7) is -0.419. The summed E-state index contributed by atoms with van der Waals surface area (Å²) < 4.78 is 32.8. The van der Waals surface area contributed by atoms with Crippen LogP contribution in [0.1, 0.15) is 16.8 Å². The summed E-state index contributed by atoms with van der Waals surface area (Å²) in [6.07, 6.45) is 0.414. The molecule has 1 atom stereocenters.